The van der Waals surface area contributed by atoms with E-state index in [-0.39, 0.29) is 0 Å². The fourth-order valence-corrected chi connectivity index (χ4v) is 2.96. The van der Waals surface area contributed by atoms with Crippen molar-refractivity contribution in [1.29, 1.82) is 0 Å². The Hall–Kier alpha value is -2.08. The van der Waals surface area contributed by atoms with Gasteiger partial charge in [-0.3, -0.25) is 4.90 Å². The minimum absolute atomic E-state index is 0.403. The number of hydrogen-bond donors (Lipinski definition) is 0. The molecular formula is C18H20F3N3. The minimum atomic E-state index is -4.40. The summed E-state index contributed by atoms with van der Waals surface area (Å²) in [5.74, 6) is 0.403. The summed E-state index contributed by atoms with van der Waals surface area (Å²) >= 11 is 0. The molecule has 0 bridgehead atoms. The molecule has 2 heterocycles. The molecule has 1 aromatic heterocycles. The third-order valence-corrected chi connectivity index (χ3v) is 4.21. The second-order valence-electron chi connectivity index (χ2n) is 6.13. The van der Waals surface area contributed by atoms with E-state index in [1.54, 1.807) is 6.07 Å². The maximum absolute atomic E-state index is 12.8. The number of rotatable bonds is 3. The van der Waals surface area contributed by atoms with Crippen LogP contribution in [-0.2, 0) is 12.7 Å². The lowest BCUT2D eigenvalue weighted by molar-refractivity contribution is -0.141. The van der Waals surface area contributed by atoms with Crippen LogP contribution in [0.15, 0.2) is 42.5 Å². The second-order valence-corrected chi connectivity index (χ2v) is 6.13. The predicted molar refractivity (Wildman–Crippen MR) is 87.9 cm³/mol. The van der Waals surface area contributed by atoms with E-state index in [0.717, 1.165) is 25.7 Å². The third-order valence-electron chi connectivity index (χ3n) is 4.21. The Labute approximate surface area is 139 Å². The first-order chi connectivity index (χ1) is 11.4. The Kier molecular flexibility index (Phi) is 4.76. The maximum atomic E-state index is 12.8. The molecule has 1 aliphatic heterocycles. The monoisotopic (exact) mass is 335 g/mol. The van der Waals surface area contributed by atoms with Gasteiger partial charge in [-0.2, -0.15) is 13.2 Å². The predicted octanol–water partition coefficient (Wildman–Crippen LogP) is 3.73. The number of benzene rings is 1. The van der Waals surface area contributed by atoms with Gasteiger partial charge < -0.3 is 4.90 Å². The SMILES string of the molecule is Cc1cccc(CN2CCN(c3cccc(C(F)(F)F)n3)CC2)c1. The number of piperazine rings is 1. The Morgan fingerprint density at radius 1 is 1.00 bits per heavy atom. The molecule has 0 radical (unpaired) electrons. The van der Waals surface area contributed by atoms with Crippen LogP contribution in [0.4, 0.5) is 19.0 Å². The fraction of sp³-hybridized carbons (Fsp3) is 0.389. The number of aryl methyl sites for hydroxylation is 1. The van der Waals surface area contributed by atoms with Crippen LogP contribution in [0.3, 0.4) is 0 Å². The number of nitrogens with zero attached hydrogens (tertiary/aromatic N) is 3. The van der Waals surface area contributed by atoms with Crippen molar-refractivity contribution in [1.82, 2.24) is 9.88 Å². The molecule has 1 aliphatic rings. The standard InChI is InChI=1S/C18H20F3N3/c1-14-4-2-5-15(12-14)13-23-8-10-24(11-9-23)17-7-3-6-16(22-17)18(19,20)21/h2-7,12H,8-11,13H2,1H3. The van der Waals surface area contributed by atoms with E-state index in [2.05, 4.69) is 35.0 Å². The van der Waals surface area contributed by atoms with E-state index in [9.17, 15) is 13.2 Å². The molecule has 24 heavy (non-hydrogen) atoms. The van der Waals surface area contributed by atoms with E-state index in [4.69, 9.17) is 0 Å². The summed E-state index contributed by atoms with van der Waals surface area (Å²) in [6.45, 7) is 5.92. The van der Waals surface area contributed by atoms with E-state index < -0.39 is 11.9 Å². The molecule has 0 N–H and O–H groups in total. The van der Waals surface area contributed by atoms with Gasteiger partial charge in [0, 0.05) is 32.7 Å². The van der Waals surface area contributed by atoms with Crippen LogP contribution in [-0.4, -0.2) is 36.1 Å². The number of halogens is 3. The van der Waals surface area contributed by atoms with Crippen molar-refractivity contribution in [2.24, 2.45) is 0 Å². The zero-order valence-corrected chi connectivity index (χ0v) is 13.6. The van der Waals surface area contributed by atoms with Crippen molar-refractivity contribution >= 4 is 5.82 Å². The molecule has 1 saturated heterocycles. The van der Waals surface area contributed by atoms with Gasteiger partial charge >= 0.3 is 6.18 Å². The van der Waals surface area contributed by atoms with Crippen LogP contribution in [0.5, 0.6) is 0 Å². The summed E-state index contributed by atoms with van der Waals surface area (Å²) in [6, 6.07) is 12.5. The lowest BCUT2D eigenvalue weighted by Gasteiger charge is -2.35. The number of hydrogen-bond acceptors (Lipinski definition) is 3. The van der Waals surface area contributed by atoms with Crippen LogP contribution in [0.2, 0.25) is 0 Å². The Bertz CT molecular complexity index is 692. The zero-order valence-electron chi connectivity index (χ0n) is 13.6. The lowest BCUT2D eigenvalue weighted by atomic mass is 10.1. The largest absolute Gasteiger partial charge is 0.433 e. The van der Waals surface area contributed by atoms with Gasteiger partial charge in [0.1, 0.15) is 11.5 Å². The molecule has 0 atom stereocenters. The molecule has 0 unspecified atom stereocenters. The first kappa shape index (κ1) is 16.8. The molecule has 1 aromatic carbocycles. The normalized spacial score (nSPS) is 16.4. The molecule has 0 amide bonds. The topological polar surface area (TPSA) is 19.4 Å². The van der Waals surface area contributed by atoms with Gasteiger partial charge in [-0.15, -0.1) is 0 Å². The summed E-state index contributed by atoms with van der Waals surface area (Å²) in [6.07, 6.45) is -4.40. The highest BCUT2D eigenvalue weighted by Crippen LogP contribution is 2.29. The quantitative estimate of drug-likeness (QED) is 0.852. The zero-order chi connectivity index (χ0) is 17.2. The number of anilines is 1. The van der Waals surface area contributed by atoms with Gasteiger partial charge in [0.05, 0.1) is 0 Å². The molecule has 2 aromatic rings. The van der Waals surface area contributed by atoms with Gasteiger partial charge in [0.2, 0.25) is 0 Å². The average Bonchev–Trinajstić information content (AvgIpc) is 2.55. The third kappa shape index (κ3) is 4.06. The summed E-state index contributed by atoms with van der Waals surface area (Å²) in [5.41, 5.74) is 1.67. The van der Waals surface area contributed by atoms with E-state index in [0.29, 0.717) is 18.9 Å². The van der Waals surface area contributed by atoms with Crippen molar-refractivity contribution < 1.29 is 13.2 Å². The van der Waals surface area contributed by atoms with Crippen molar-refractivity contribution in [2.75, 3.05) is 31.1 Å². The smallest absolute Gasteiger partial charge is 0.354 e. The number of alkyl halides is 3. The molecule has 128 valence electrons. The highest BCUT2D eigenvalue weighted by atomic mass is 19.4. The fourth-order valence-electron chi connectivity index (χ4n) is 2.96. The van der Waals surface area contributed by atoms with Gasteiger partial charge in [-0.05, 0) is 24.6 Å². The van der Waals surface area contributed by atoms with Crippen LogP contribution < -0.4 is 4.90 Å². The Morgan fingerprint density at radius 3 is 2.38 bits per heavy atom. The molecule has 3 rings (SSSR count). The summed E-state index contributed by atoms with van der Waals surface area (Å²) < 4.78 is 38.3. The molecule has 0 aliphatic carbocycles. The van der Waals surface area contributed by atoms with Crippen molar-refractivity contribution in [3.05, 3.63) is 59.3 Å². The van der Waals surface area contributed by atoms with Crippen molar-refractivity contribution in [3.8, 4) is 0 Å². The molecule has 6 heteroatoms. The first-order valence-corrected chi connectivity index (χ1v) is 7.99. The second kappa shape index (κ2) is 6.81. The molecule has 0 saturated carbocycles. The van der Waals surface area contributed by atoms with Crippen molar-refractivity contribution in [3.63, 3.8) is 0 Å². The summed E-state index contributed by atoms with van der Waals surface area (Å²) in [4.78, 5) is 8.01. The highest BCUT2D eigenvalue weighted by molar-refractivity contribution is 5.40. The van der Waals surface area contributed by atoms with Gasteiger partial charge in [0.25, 0.3) is 0 Å². The minimum Gasteiger partial charge on any atom is -0.354 e. The number of aromatic nitrogens is 1. The van der Waals surface area contributed by atoms with Gasteiger partial charge in [0.15, 0.2) is 0 Å². The molecule has 0 spiro atoms. The Morgan fingerprint density at radius 2 is 1.71 bits per heavy atom. The maximum Gasteiger partial charge on any atom is 0.433 e. The van der Waals surface area contributed by atoms with Crippen LogP contribution >= 0.6 is 0 Å². The highest BCUT2D eigenvalue weighted by Gasteiger charge is 2.33. The van der Waals surface area contributed by atoms with Gasteiger partial charge in [-0.25, -0.2) is 4.98 Å². The first-order valence-electron chi connectivity index (χ1n) is 7.99. The van der Waals surface area contributed by atoms with Crippen LogP contribution in [0.25, 0.3) is 0 Å². The Balaban J connectivity index is 1.61. The van der Waals surface area contributed by atoms with Gasteiger partial charge in [-0.1, -0.05) is 35.9 Å². The number of pyridine rings is 1. The van der Waals surface area contributed by atoms with Crippen molar-refractivity contribution in [2.45, 2.75) is 19.6 Å². The van der Waals surface area contributed by atoms with Crippen LogP contribution in [0.1, 0.15) is 16.8 Å². The van der Waals surface area contributed by atoms with E-state index >= 15 is 0 Å². The average molecular weight is 335 g/mol. The molecule has 3 nitrogen and oxygen atoms in total. The van der Waals surface area contributed by atoms with E-state index in [1.165, 1.54) is 17.2 Å². The summed E-state index contributed by atoms with van der Waals surface area (Å²) in [7, 11) is 0. The lowest BCUT2D eigenvalue weighted by Crippen LogP contribution is -2.46. The van der Waals surface area contributed by atoms with Crippen LogP contribution in [0, 0.1) is 6.92 Å². The van der Waals surface area contributed by atoms with E-state index in [1.807, 2.05) is 11.0 Å². The summed E-state index contributed by atoms with van der Waals surface area (Å²) in [5, 5.41) is 0. The molecular weight excluding hydrogens is 315 g/mol. The molecule has 1 fully saturated rings.